The number of carbonyl (C=O) groups excluding carboxylic acids is 3. The standard InChI is InChI=1S/C27H34BrN5O3/c1-4-19(3)25-26(35)30(16-21-12-9-13-22(28)14-21)17-23-32(25)24(34)18-31(5-2)33(23)27(36)29-15-20-10-7-6-8-11-20/h6-14,19,23,25H,4-5,15-18H2,1-3H3,(H,29,36)/t19?,23-,25-/m0/s1. The predicted octanol–water partition coefficient (Wildman–Crippen LogP) is 3.82. The average molecular weight is 557 g/mol. The lowest BCUT2D eigenvalue weighted by Gasteiger charge is -2.56. The van der Waals surface area contributed by atoms with Gasteiger partial charge in [0.1, 0.15) is 12.2 Å². The minimum Gasteiger partial charge on any atom is -0.333 e. The lowest BCUT2D eigenvalue weighted by molar-refractivity contribution is -0.193. The predicted molar refractivity (Wildman–Crippen MR) is 141 cm³/mol. The van der Waals surface area contributed by atoms with Gasteiger partial charge >= 0.3 is 6.03 Å². The Balaban J connectivity index is 1.65. The molecule has 4 rings (SSSR count). The van der Waals surface area contributed by atoms with Crippen molar-refractivity contribution in [3.63, 3.8) is 0 Å². The number of fused-ring (bicyclic) bond motifs is 1. The van der Waals surface area contributed by atoms with Crippen molar-refractivity contribution in [1.82, 2.24) is 25.1 Å². The number of carbonyl (C=O) groups is 3. The Labute approximate surface area is 221 Å². The topological polar surface area (TPSA) is 76.2 Å². The van der Waals surface area contributed by atoms with Crippen LogP contribution < -0.4 is 5.32 Å². The SMILES string of the molecule is CCC(C)[C@H]1C(=O)N(Cc2cccc(Br)c2)C[C@H]2N1C(=O)CN(CC)N2C(=O)NCc1ccccc1. The molecule has 192 valence electrons. The average Bonchev–Trinajstić information content (AvgIpc) is 2.88. The van der Waals surface area contributed by atoms with Crippen LogP contribution in [-0.4, -0.2) is 69.5 Å². The third kappa shape index (κ3) is 5.42. The van der Waals surface area contributed by atoms with Crippen LogP contribution >= 0.6 is 15.9 Å². The number of hydrogen-bond acceptors (Lipinski definition) is 4. The fraction of sp³-hybridized carbons (Fsp3) is 0.444. The van der Waals surface area contributed by atoms with Crippen LogP contribution in [0.1, 0.15) is 38.3 Å². The van der Waals surface area contributed by atoms with Gasteiger partial charge < -0.3 is 15.1 Å². The highest BCUT2D eigenvalue weighted by molar-refractivity contribution is 9.10. The fourth-order valence-corrected chi connectivity index (χ4v) is 5.45. The summed E-state index contributed by atoms with van der Waals surface area (Å²) in [6.45, 7) is 7.57. The monoisotopic (exact) mass is 555 g/mol. The summed E-state index contributed by atoms with van der Waals surface area (Å²) in [4.78, 5) is 44.2. The molecule has 2 aromatic carbocycles. The second-order valence-corrected chi connectivity index (χ2v) is 10.3. The summed E-state index contributed by atoms with van der Waals surface area (Å²) in [6, 6.07) is 16.7. The Hall–Kier alpha value is -2.91. The number of benzene rings is 2. The van der Waals surface area contributed by atoms with Gasteiger partial charge in [-0.2, -0.15) is 0 Å². The van der Waals surface area contributed by atoms with Crippen molar-refractivity contribution >= 4 is 33.8 Å². The summed E-state index contributed by atoms with van der Waals surface area (Å²) in [7, 11) is 0. The van der Waals surface area contributed by atoms with Gasteiger partial charge in [-0.15, -0.1) is 0 Å². The van der Waals surface area contributed by atoms with E-state index in [4.69, 9.17) is 0 Å². The van der Waals surface area contributed by atoms with Gasteiger partial charge in [-0.05, 0) is 29.2 Å². The molecule has 8 nitrogen and oxygen atoms in total. The number of nitrogens with zero attached hydrogens (tertiary/aromatic N) is 4. The first-order chi connectivity index (χ1) is 17.3. The van der Waals surface area contributed by atoms with E-state index in [2.05, 4.69) is 21.2 Å². The highest BCUT2D eigenvalue weighted by atomic mass is 79.9. The van der Waals surface area contributed by atoms with E-state index < -0.39 is 12.2 Å². The summed E-state index contributed by atoms with van der Waals surface area (Å²) < 4.78 is 0.941. The summed E-state index contributed by atoms with van der Waals surface area (Å²) >= 11 is 3.51. The molecule has 2 aromatic rings. The van der Waals surface area contributed by atoms with Gasteiger partial charge in [0.15, 0.2) is 0 Å². The van der Waals surface area contributed by atoms with E-state index in [0.717, 1.165) is 22.0 Å². The van der Waals surface area contributed by atoms with Gasteiger partial charge in [0.2, 0.25) is 11.8 Å². The van der Waals surface area contributed by atoms with E-state index in [9.17, 15) is 14.4 Å². The lowest BCUT2D eigenvalue weighted by Crippen LogP contribution is -2.77. The molecule has 2 heterocycles. The maximum atomic E-state index is 13.7. The molecule has 0 aliphatic carbocycles. The van der Waals surface area contributed by atoms with E-state index in [-0.39, 0.29) is 36.9 Å². The van der Waals surface area contributed by atoms with Crippen molar-refractivity contribution in [1.29, 1.82) is 0 Å². The molecule has 1 unspecified atom stereocenters. The molecule has 2 saturated heterocycles. The van der Waals surface area contributed by atoms with E-state index in [0.29, 0.717) is 19.6 Å². The molecule has 2 fully saturated rings. The Kier molecular flexibility index (Phi) is 8.31. The Bertz CT molecular complexity index is 1100. The number of likely N-dealkylation sites (N-methyl/N-ethyl adjacent to an activating group) is 1. The van der Waals surface area contributed by atoms with Gasteiger partial charge in [-0.3, -0.25) is 9.59 Å². The lowest BCUT2D eigenvalue weighted by atomic mass is 9.92. The summed E-state index contributed by atoms with van der Waals surface area (Å²) in [5, 5.41) is 6.45. The van der Waals surface area contributed by atoms with Crippen LogP contribution in [0.15, 0.2) is 59.1 Å². The number of piperazine rings is 1. The normalized spacial score (nSPS) is 21.4. The van der Waals surface area contributed by atoms with E-state index in [1.165, 1.54) is 0 Å². The Morgan fingerprint density at radius 2 is 1.81 bits per heavy atom. The largest absolute Gasteiger partial charge is 0.334 e. The van der Waals surface area contributed by atoms with E-state index >= 15 is 0 Å². The molecule has 0 aromatic heterocycles. The number of urea groups is 1. The van der Waals surface area contributed by atoms with Crippen molar-refractivity contribution in [2.24, 2.45) is 5.92 Å². The molecule has 3 atom stereocenters. The number of nitrogens with one attached hydrogen (secondary N) is 1. The number of rotatable bonds is 7. The third-order valence-electron chi connectivity index (χ3n) is 7.07. The van der Waals surface area contributed by atoms with Gasteiger partial charge in [0.05, 0.1) is 13.1 Å². The molecule has 9 heteroatoms. The van der Waals surface area contributed by atoms with Crippen LogP contribution in [0, 0.1) is 5.92 Å². The zero-order chi connectivity index (χ0) is 25.8. The number of halogens is 1. The van der Waals surface area contributed by atoms with E-state index in [1.54, 1.807) is 19.8 Å². The third-order valence-corrected chi connectivity index (χ3v) is 7.56. The molecule has 36 heavy (non-hydrogen) atoms. The summed E-state index contributed by atoms with van der Waals surface area (Å²) in [5.74, 6) is -0.227. The molecule has 1 N–H and O–H groups in total. The van der Waals surface area contributed by atoms with Crippen molar-refractivity contribution in [2.45, 2.75) is 52.5 Å². The maximum absolute atomic E-state index is 13.7. The van der Waals surface area contributed by atoms with Crippen molar-refractivity contribution in [2.75, 3.05) is 19.6 Å². The molecule has 0 bridgehead atoms. The first kappa shape index (κ1) is 26.2. The molecule has 0 spiro atoms. The summed E-state index contributed by atoms with van der Waals surface area (Å²) in [6.07, 6.45) is 0.167. The van der Waals surface area contributed by atoms with Crippen LogP contribution in [0.3, 0.4) is 0 Å². The Morgan fingerprint density at radius 1 is 1.08 bits per heavy atom. The van der Waals surface area contributed by atoms with Gasteiger partial charge in [0, 0.05) is 24.1 Å². The molecular formula is C27H34BrN5O3. The minimum absolute atomic E-state index is 0.0448. The second-order valence-electron chi connectivity index (χ2n) is 9.43. The zero-order valence-corrected chi connectivity index (χ0v) is 22.6. The highest BCUT2D eigenvalue weighted by Crippen LogP contribution is 2.31. The molecule has 2 aliphatic rings. The smallest absolute Gasteiger partial charge is 0.333 e. The van der Waals surface area contributed by atoms with E-state index in [1.807, 2.05) is 75.4 Å². The molecule has 0 radical (unpaired) electrons. The van der Waals surface area contributed by atoms with Crippen LogP contribution in [-0.2, 0) is 22.7 Å². The zero-order valence-electron chi connectivity index (χ0n) is 21.1. The molecule has 0 saturated carbocycles. The fourth-order valence-electron chi connectivity index (χ4n) is 5.01. The molecule has 4 amide bonds. The number of hydrazine groups is 1. The molecular weight excluding hydrogens is 522 g/mol. The van der Waals surface area contributed by atoms with Gasteiger partial charge in [-0.1, -0.05) is 85.6 Å². The van der Waals surface area contributed by atoms with Crippen molar-refractivity contribution in [3.05, 3.63) is 70.2 Å². The first-order valence-corrected chi connectivity index (χ1v) is 13.3. The molecule has 2 aliphatic heterocycles. The Morgan fingerprint density at radius 3 is 2.47 bits per heavy atom. The van der Waals surface area contributed by atoms with Crippen LogP contribution in [0.25, 0.3) is 0 Å². The maximum Gasteiger partial charge on any atom is 0.334 e. The summed E-state index contributed by atoms with van der Waals surface area (Å²) in [5.41, 5.74) is 1.98. The van der Waals surface area contributed by atoms with Gasteiger partial charge in [0.25, 0.3) is 0 Å². The number of hydrogen-bond donors (Lipinski definition) is 1. The van der Waals surface area contributed by atoms with Crippen molar-refractivity contribution < 1.29 is 14.4 Å². The minimum atomic E-state index is -0.614. The van der Waals surface area contributed by atoms with Crippen LogP contribution in [0.4, 0.5) is 4.79 Å². The van der Waals surface area contributed by atoms with Crippen LogP contribution in [0.5, 0.6) is 0 Å². The van der Waals surface area contributed by atoms with Gasteiger partial charge in [-0.25, -0.2) is 14.8 Å². The number of amides is 4. The quantitative estimate of drug-likeness (QED) is 0.563. The first-order valence-electron chi connectivity index (χ1n) is 12.5. The highest BCUT2D eigenvalue weighted by Gasteiger charge is 2.52. The van der Waals surface area contributed by atoms with Crippen molar-refractivity contribution in [3.8, 4) is 0 Å². The second kappa shape index (κ2) is 11.4. The van der Waals surface area contributed by atoms with Crippen LogP contribution in [0.2, 0.25) is 0 Å².